The molecule has 1 amide bonds. The van der Waals surface area contributed by atoms with Crippen LogP contribution in [0, 0.1) is 0 Å². The van der Waals surface area contributed by atoms with Crippen molar-refractivity contribution in [2.75, 3.05) is 4.90 Å². The summed E-state index contributed by atoms with van der Waals surface area (Å²) in [5, 5.41) is 24.6. The number of nitrogens with zero attached hydrogens (tertiary/aromatic N) is 6. The van der Waals surface area contributed by atoms with Gasteiger partial charge in [0.25, 0.3) is 0 Å². The minimum atomic E-state index is -0.905. The Morgan fingerprint density at radius 1 is 1.14 bits per heavy atom. The molecule has 0 radical (unpaired) electrons. The highest BCUT2D eigenvalue weighted by Crippen LogP contribution is 2.42. The molecule has 1 fully saturated rings. The summed E-state index contributed by atoms with van der Waals surface area (Å²) in [5.41, 5.74) is 5.06. The van der Waals surface area contributed by atoms with Gasteiger partial charge in [0.15, 0.2) is 5.82 Å². The van der Waals surface area contributed by atoms with Crippen molar-refractivity contribution in [3.8, 4) is 0 Å². The van der Waals surface area contributed by atoms with Crippen LogP contribution in [0.15, 0.2) is 42.5 Å². The number of aromatic nitrogens is 6. The molecule has 2 aromatic heterocycles. The van der Waals surface area contributed by atoms with Crippen molar-refractivity contribution in [1.29, 1.82) is 0 Å². The van der Waals surface area contributed by atoms with Crippen molar-refractivity contribution in [2.24, 2.45) is 0 Å². The molecule has 3 heterocycles. The maximum Gasteiger partial charge on any atom is 0.412 e. The summed E-state index contributed by atoms with van der Waals surface area (Å²) in [5.74, 6) is 2.17. The number of fused-ring (bicyclic) bond motifs is 3. The Balaban J connectivity index is 1.48. The minimum Gasteiger partial charge on any atom is -0.465 e. The Morgan fingerprint density at radius 2 is 2.00 bits per heavy atom. The summed E-state index contributed by atoms with van der Waals surface area (Å²) in [4.78, 5) is 18.8. The molecule has 1 aliphatic heterocycles. The fourth-order valence-electron chi connectivity index (χ4n) is 6.03. The molecule has 1 aliphatic carbocycles. The number of tetrazole rings is 1. The molecule has 9 nitrogen and oxygen atoms in total. The standard InChI is InChI=1S/C26H29N7O2/c1-16-10-11-20-21(32(16)26(34)35)12-13-22-24(20)27-23(14-17-6-3-2-4-7-17)33(22)19-9-5-8-18(15-19)25-28-30-31-29-25/h2-4,6-7,12-13,16,18-19H,5,8-11,14-15H2,1H3,(H,34,35)(H,28,29,30,31)/t16-,18+,19-/m0/s1. The van der Waals surface area contributed by atoms with E-state index in [0.717, 1.165) is 78.9 Å². The number of H-pyrrole nitrogens is 1. The molecule has 2 N–H and O–H groups in total. The molecule has 2 aromatic carbocycles. The maximum absolute atomic E-state index is 12.1. The fourth-order valence-corrected chi connectivity index (χ4v) is 6.03. The van der Waals surface area contributed by atoms with E-state index in [1.165, 1.54) is 10.5 Å². The maximum atomic E-state index is 12.1. The molecule has 0 unspecified atom stereocenters. The number of imidazole rings is 1. The summed E-state index contributed by atoms with van der Waals surface area (Å²) in [6.07, 6.45) is 5.62. The second-order valence-electron chi connectivity index (χ2n) is 9.84. The van der Waals surface area contributed by atoms with Gasteiger partial charge in [0, 0.05) is 30.0 Å². The molecule has 2 aliphatic rings. The predicted octanol–water partition coefficient (Wildman–Crippen LogP) is 4.86. The first-order valence-electron chi connectivity index (χ1n) is 12.4. The molecular weight excluding hydrogens is 442 g/mol. The SMILES string of the molecule is C[C@H]1CCc2c(ccc3c2nc(Cc2ccccc2)n3[C@H]2CCC[C@@H](c3nnn[nH]3)C2)N1C(=O)O. The van der Waals surface area contributed by atoms with Crippen LogP contribution in [0.2, 0.25) is 0 Å². The number of benzene rings is 2. The lowest BCUT2D eigenvalue weighted by Gasteiger charge is -2.33. The molecule has 0 saturated heterocycles. The van der Waals surface area contributed by atoms with E-state index in [1.807, 2.05) is 19.1 Å². The van der Waals surface area contributed by atoms with Gasteiger partial charge in [0.2, 0.25) is 0 Å². The first-order valence-corrected chi connectivity index (χ1v) is 12.4. The van der Waals surface area contributed by atoms with E-state index < -0.39 is 6.09 Å². The van der Waals surface area contributed by atoms with Crippen LogP contribution in [0.25, 0.3) is 11.0 Å². The summed E-state index contributed by atoms with van der Waals surface area (Å²) in [6.45, 7) is 1.97. The van der Waals surface area contributed by atoms with E-state index in [1.54, 1.807) is 0 Å². The molecule has 35 heavy (non-hydrogen) atoms. The predicted molar refractivity (Wildman–Crippen MR) is 132 cm³/mol. The van der Waals surface area contributed by atoms with E-state index in [4.69, 9.17) is 4.98 Å². The molecule has 180 valence electrons. The van der Waals surface area contributed by atoms with Crippen molar-refractivity contribution >= 4 is 22.8 Å². The zero-order valence-electron chi connectivity index (χ0n) is 19.8. The van der Waals surface area contributed by atoms with Crippen LogP contribution in [0.3, 0.4) is 0 Å². The Hall–Kier alpha value is -3.75. The van der Waals surface area contributed by atoms with Crippen LogP contribution in [0.1, 0.15) is 73.8 Å². The van der Waals surface area contributed by atoms with Crippen molar-refractivity contribution in [3.63, 3.8) is 0 Å². The first-order chi connectivity index (χ1) is 17.1. The van der Waals surface area contributed by atoms with Gasteiger partial charge < -0.3 is 9.67 Å². The smallest absolute Gasteiger partial charge is 0.412 e. The van der Waals surface area contributed by atoms with Gasteiger partial charge in [0.05, 0.1) is 16.7 Å². The van der Waals surface area contributed by atoms with Crippen LogP contribution in [-0.4, -0.2) is 47.4 Å². The van der Waals surface area contributed by atoms with Crippen molar-refractivity contribution in [2.45, 2.75) is 69.9 Å². The van der Waals surface area contributed by atoms with E-state index in [2.05, 4.69) is 55.5 Å². The van der Waals surface area contributed by atoms with Gasteiger partial charge >= 0.3 is 6.09 Å². The Bertz CT molecular complexity index is 1350. The number of hydrogen-bond acceptors (Lipinski definition) is 5. The van der Waals surface area contributed by atoms with Crippen LogP contribution in [0.5, 0.6) is 0 Å². The highest BCUT2D eigenvalue weighted by molar-refractivity contribution is 5.94. The van der Waals surface area contributed by atoms with Gasteiger partial charge in [-0.15, -0.1) is 5.10 Å². The summed E-state index contributed by atoms with van der Waals surface area (Å²) in [7, 11) is 0. The largest absolute Gasteiger partial charge is 0.465 e. The topological polar surface area (TPSA) is 113 Å². The Morgan fingerprint density at radius 3 is 2.77 bits per heavy atom. The van der Waals surface area contributed by atoms with Gasteiger partial charge in [-0.25, -0.2) is 14.9 Å². The van der Waals surface area contributed by atoms with Gasteiger partial charge in [-0.3, -0.25) is 4.90 Å². The fraction of sp³-hybridized carbons (Fsp3) is 0.423. The lowest BCUT2D eigenvalue weighted by Crippen LogP contribution is -2.41. The Kier molecular flexibility index (Phi) is 5.47. The summed E-state index contributed by atoms with van der Waals surface area (Å²) >= 11 is 0. The second-order valence-corrected chi connectivity index (χ2v) is 9.84. The molecule has 4 aromatic rings. The molecule has 6 rings (SSSR count). The second kappa shape index (κ2) is 8.79. The number of amides is 1. The molecule has 1 saturated carbocycles. The number of rotatable bonds is 4. The van der Waals surface area contributed by atoms with Crippen molar-refractivity contribution in [1.82, 2.24) is 30.2 Å². The lowest BCUT2D eigenvalue weighted by molar-refractivity contribution is 0.198. The molecule has 9 heteroatoms. The number of hydrogen-bond donors (Lipinski definition) is 2. The van der Waals surface area contributed by atoms with Crippen molar-refractivity contribution in [3.05, 3.63) is 65.2 Å². The number of carbonyl (C=O) groups is 1. The molecule has 0 bridgehead atoms. The zero-order valence-corrected chi connectivity index (χ0v) is 19.8. The summed E-state index contributed by atoms with van der Waals surface area (Å²) < 4.78 is 2.42. The van der Waals surface area contributed by atoms with Gasteiger partial charge in [-0.1, -0.05) is 36.8 Å². The average Bonchev–Trinajstić information content (AvgIpc) is 3.52. The third kappa shape index (κ3) is 3.84. The van der Waals surface area contributed by atoms with Crippen LogP contribution < -0.4 is 4.90 Å². The number of aromatic amines is 1. The third-order valence-electron chi connectivity index (χ3n) is 7.70. The van der Waals surface area contributed by atoms with Gasteiger partial charge in [-0.05, 0) is 67.2 Å². The molecular formula is C26H29N7O2. The summed E-state index contributed by atoms with van der Waals surface area (Å²) in [6, 6.07) is 14.7. The monoisotopic (exact) mass is 471 g/mol. The highest BCUT2D eigenvalue weighted by Gasteiger charge is 2.33. The van der Waals surface area contributed by atoms with E-state index in [-0.39, 0.29) is 18.0 Å². The van der Waals surface area contributed by atoms with E-state index in [9.17, 15) is 9.90 Å². The first kappa shape index (κ1) is 21.8. The van der Waals surface area contributed by atoms with E-state index in [0.29, 0.717) is 0 Å². The highest BCUT2D eigenvalue weighted by atomic mass is 16.4. The number of carboxylic acid groups (broad SMARTS) is 1. The number of aryl methyl sites for hydroxylation is 1. The van der Waals surface area contributed by atoms with Gasteiger partial charge in [0.1, 0.15) is 5.82 Å². The number of anilines is 1. The van der Waals surface area contributed by atoms with Gasteiger partial charge in [-0.2, -0.15) is 0 Å². The molecule has 0 spiro atoms. The van der Waals surface area contributed by atoms with Crippen LogP contribution in [-0.2, 0) is 12.8 Å². The quantitative estimate of drug-likeness (QED) is 0.440. The Labute approximate surface area is 203 Å². The minimum absolute atomic E-state index is 0.0436. The normalized spacial score (nSPS) is 22.3. The number of nitrogens with one attached hydrogen (secondary N) is 1. The average molecular weight is 472 g/mol. The lowest BCUT2D eigenvalue weighted by atomic mass is 9.85. The van der Waals surface area contributed by atoms with Crippen LogP contribution >= 0.6 is 0 Å². The van der Waals surface area contributed by atoms with Crippen LogP contribution in [0.4, 0.5) is 10.5 Å². The van der Waals surface area contributed by atoms with Crippen molar-refractivity contribution < 1.29 is 9.90 Å². The molecule has 3 atom stereocenters. The third-order valence-corrected chi connectivity index (χ3v) is 7.70. The van der Waals surface area contributed by atoms with E-state index >= 15 is 0 Å². The zero-order chi connectivity index (χ0) is 23.9.